The van der Waals surface area contributed by atoms with Crippen LogP contribution in [0.4, 0.5) is 0 Å². The first kappa shape index (κ1) is 39.7. The van der Waals surface area contributed by atoms with Crippen molar-refractivity contribution in [3.63, 3.8) is 0 Å². The molecule has 60 heavy (non-hydrogen) atoms. The number of aromatic hydroxyl groups is 2. The molecule has 0 radical (unpaired) electrons. The number of aliphatic hydroxyl groups excluding tert-OH is 4. The van der Waals surface area contributed by atoms with Crippen molar-refractivity contribution in [3.8, 4) is 35.2 Å². The standard InChI is InChI=1S/C44H36N2O14/c45-41(57)33-27(49)15-21-11-19-13-23-17(7-9-25(47)31(23)35(51)29(19)37(53)43(21,59)39(33)55)5-3-1-2-4-6-18-8-10-26(48)32-24(18)14-20-12-22-16-28(50)34(42(46)58)40(56)44(22,60)38(54)30(20)36(32)52/h7-10,19-22,47-48,51-52,55-56,59-60H,1-2,11-16H2,(H2,45,57)(H2,46,58). The molecule has 6 aliphatic rings. The average molecular weight is 817 g/mol. The second kappa shape index (κ2) is 13.7. The zero-order valence-electron chi connectivity index (χ0n) is 31.5. The lowest BCUT2D eigenvalue weighted by Gasteiger charge is -2.46. The molecular formula is C44H36N2O14. The van der Waals surface area contributed by atoms with Crippen molar-refractivity contribution in [2.75, 3.05) is 0 Å². The van der Waals surface area contributed by atoms with Crippen molar-refractivity contribution in [1.29, 1.82) is 0 Å². The maximum absolute atomic E-state index is 13.8. The number of phenols is 2. The highest BCUT2D eigenvalue weighted by molar-refractivity contribution is 6.24. The highest BCUT2D eigenvalue weighted by Crippen LogP contribution is 2.54. The van der Waals surface area contributed by atoms with Crippen molar-refractivity contribution in [3.05, 3.63) is 91.5 Å². The van der Waals surface area contributed by atoms with Crippen LogP contribution in [0, 0.1) is 47.4 Å². The summed E-state index contributed by atoms with van der Waals surface area (Å²) < 4.78 is 0. The van der Waals surface area contributed by atoms with Gasteiger partial charge >= 0.3 is 0 Å². The summed E-state index contributed by atoms with van der Waals surface area (Å²) in [5.74, 6) is -2.47. The molecule has 2 aromatic carbocycles. The number of benzene rings is 2. The third kappa shape index (κ3) is 5.48. The Kier molecular flexibility index (Phi) is 9.08. The zero-order chi connectivity index (χ0) is 43.3. The quantitative estimate of drug-likeness (QED) is 0.119. The molecule has 2 amide bonds. The average Bonchev–Trinajstić information content (AvgIpc) is 3.17. The van der Waals surface area contributed by atoms with Crippen LogP contribution >= 0.6 is 0 Å². The van der Waals surface area contributed by atoms with Gasteiger partial charge in [-0.25, -0.2) is 0 Å². The number of fused-ring (bicyclic) bond motifs is 6. The van der Waals surface area contributed by atoms with Crippen LogP contribution in [0.5, 0.6) is 11.5 Å². The number of phenolic OH excluding ortho intramolecular Hbond substituents is 2. The number of nitrogens with two attached hydrogens (primary N) is 2. The summed E-state index contributed by atoms with van der Waals surface area (Å²) in [6.07, 6.45) is -0.337. The maximum Gasteiger partial charge on any atom is 0.255 e. The van der Waals surface area contributed by atoms with Crippen LogP contribution in [-0.2, 0) is 41.6 Å². The summed E-state index contributed by atoms with van der Waals surface area (Å²) >= 11 is 0. The molecule has 0 aliphatic heterocycles. The number of unbranched alkanes of at least 4 members (excludes halogenated alkanes) is 1. The van der Waals surface area contributed by atoms with Gasteiger partial charge in [-0.15, -0.1) is 0 Å². The summed E-state index contributed by atoms with van der Waals surface area (Å²) in [4.78, 5) is 76.6. The molecule has 0 aromatic heterocycles. The molecule has 6 aliphatic carbocycles. The molecular weight excluding hydrogens is 780 g/mol. The van der Waals surface area contributed by atoms with E-state index >= 15 is 0 Å². The molecule has 306 valence electrons. The first-order valence-corrected chi connectivity index (χ1v) is 19.0. The Bertz CT molecular complexity index is 2550. The Morgan fingerprint density at radius 3 is 1.32 bits per heavy atom. The molecule has 0 bridgehead atoms. The highest BCUT2D eigenvalue weighted by Gasteiger charge is 2.62. The van der Waals surface area contributed by atoms with Gasteiger partial charge in [0.1, 0.15) is 45.7 Å². The fourth-order valence-corrected chi connectivity index (χ4v) is 9.92. The second-order valence-corrected chi connectivity index (χ2v) is 15.9. The Morgan fingerprint density at radius 1 is 0.600 bits per heavy atom. The Hall–Kier alpha value is -7.14. The molecule has 16 nitrogen and oxygen atoms in total. The molecule has 16 heteroatoms. The Labute approximate surface area is 339 Å². The van der Waals surface area contributed by atoms with Gasteiger partial charge in [0.25, 0.3) is 11.8 Å². The number of aliphatic hydroxyl groups is 6. The predicted octanol–water partition coefficient (Wildman–Crippen LogP) is 1.34. The lowest BCUT2D eigenvalue weighted by molar-refractivity contribution is -0.148. The number of carbonyl (C=O) groups is 6. The fourth-order valence-electron chi connectivity index (χ4n) is 9.92. The van der Waals surface area contributed by atoms with Gasteiger partial charge in [0.2, 0.25) is 11.6 Å². The normalized spacial score (nSPS) is 28.0. The molecule has 0 heterocycles. The minimum Gasteiger partial charge on any atom is -0.508 e. The fraction of sp³-hybridized carbons (Fsp3) is 0.318. The first-order valence-electron chi connectivity index (χ1n) is 19.0. The molecule has 0 saturated heterocycles. The third-order valence-electron chi connectivity index (χ3n) is 12.7. The van der Waals surface area contributed by atoms with E-state index in [-0.39, 0.29) is 72.3 Å². The monoisotopic (exact) mass is 816 g/mol. The van der Waals surface area contributed by atoms with Crippen LogP contribution < -0.4 is 11.5 Å². The topological polar surface area (TPSA) is 316 Å². The number of Topliss-reactive ketones (excluding diaryl/α,β-unsaturated/α-hetero) is 4. The van der Waals surface area contributed by atoms with E-state index in [9.17, 15) is 69.6 Å². The maximum atomic E-state index is 13.8. The van der Waals surface area contributed by atoms with E-state index in [4.69, 9.17) is 11.5 Å². The molecule has 8 rings (SSSR count). The molecule has 2 fully saturated rings. The van der Waals surface area contributed by atoms with E-state index < -0.39 is 117 Å². The number of hydrogen-bond acceptors (Lipinski definition) is 14. The minimum atomic E-state index is -2.68. The molecule has 6 atom stereocenters. The van der Waals surface area contributed by atoms with Crippen LogP contribution in [0.15, 0.2) is 58.1 Å². The van der Waals surface area contributed by atoms with Gasteiger partial charge in [-0.3, -0.25) is 28.8 Å². The second-order valence-electron chi connectivity index (χ2n) is 15.9. The van der Waals surface area contributed by atoms with Crippen LogP contribution in [0.3, 0.4) is 0 Å². The molecule has 6 unspecified atom stereocenters. The van der Waals surface area contributed by atoms with Gasteiger partial charge in [0, 0.05) is 59.8 Å². The van der Waals surface area contributed by atoms with Crippen molar-refractivity contribution in [2.45, 2.75) is 62.6 Å². The van der Waals surface area contributed by atoms with Crippen molar-refractivity contribution in [1.82, 2.24) is 0 Å². The summed E-state index contributed by atoms with van der Waals surface area (Å²) in [6, 6.07) is 5.63. The molecule has 2 aromatic rings. The summed E-state index contributed by atoms with van der Waals surface area (Å²) in [5, 5.41) is 88.7. The Morgan fingerprint density at radius 2 is 0.967 bits per heavy atom. The lowest BCUT2D eigenvalue weighted by Crippen LogP contribution is -2.58. The van der Waals surface area contributed by atoms with E-state index in [0.29, 0.717) is 22.3 Å². The summed E-state index contributed by atoms with van der Waals surface area (Å²) in [5.41, 5.74) is 4.34. The van der Waals surface area contributed by atoms with E-state index in [0.717, 1.165) is 0 Å². The summed E-state index contributed by atoms with van der Waals surface area (Å²) in [7, 11) is 0. The number of carbonyl (C=O) groups excluding carboxylic acids is 6. The van der Waals surface area contributed by atoms with Gasteiger partial charge < -0.3 is 52.3 Å². The number of hydrogen-bond donors (Lipinski definition) is 10. The van der Waals surface area contributed by atoms with Crippen LogP contribution in [-0.4, -0.2) is 87.0 Å². The smallest absolute Gasteiger partial charge is 0.255 e. The predicted molar refractivity (Wildman–Crippen MR) is 206 cm³/mol. The van der Waals surface area contributed by atoms with Crippen molar-refractivity contribution >= 4 is 46.5 Å². The lowest BCUT2D eigenvalue weighted by atomic mass is 9.59. The zero-order valence-corrected chi connectivity index (χ0v) is 31.5. The largest absolute Gasteiger partial charge is 0.508 e. The number of primary amides is 2. The summed E-state index contributed by atoms with van der Waals surface area (Å²) in [6.45, 7) is 0. The van der Waals surface area contributed by atoms with Gasteiger partial charge in [-0.1, -0.05) is 23.7 Å². The van der Waals surface area contributed by atoms with Crippen LogP contribution in [0.2, 0.25) is 0 Å². The first-order chi connectivity index (χ1) is 28.3. The number of rotatable bonds is 3. The molecule has 0 spiro atoms. The third-order valence-corrected chi connectivity index (χ3v) is 12.7. The van der Waals surface area contributed by atoms with Crippen LogP contribution in [0.1, 0.15) is 71.9 Å². The van der Waals surface area contributed by atoms with E-state index in [1.807, 2.05) is 0 Å². The van der Waals surface area contributed by atoms with Crippen LogP contribution in [0.25, 0.3) is 11.5 Å². The van der Waals surface area contributed by atoms with Gasteiger partial charge in [0.15, 0.2) is 22.8 Å². The highest BCUT2D eigenvalue weighted by atomic mass is 16.4. The van der Waals surface area contributed by atoms with E-state index in [2.05, 4.69) is 23.7 Å². The Balaban J connectivity index is 1.04. The minimum absolute atomic E-state index is 0.0326. The van der Waals surface area contributed by atoms with Gasteiger partial charge in [-0.2, -0.15) is 0 Å². The van der Waals surface area contributed by atoms with Crippen molar-refractivity contribution < 1.29 is 69.6 Å². The number of ketones is 4. The molecule has 12 N–H and O–H groups in total. The van der Waals surface area contributed by atoms with Gasteiger partial charge in [-0.05, 0) is 72.9 Å². The van der Waals surface area contributed by atoms with Gasteiger partial charge in [0.05, 0.1) is 11.1 Å². The van der Waals surface area contributed by atoms with E-state index in [1.54, 1.807) is 0 Å². The van der Waals surface area contributed by atoms with Crippen molar-refractivity contribution in [2.24, 2.45) is 35.1 Å². The SMILES string of the molecule is NC(=O)C1=C(O)C2(O)C(=O)C3=C(O)c4c(O)ccc(C#CCCC#Cc5ccc(O)c6c5CC5CC7CC(=O)C(C(N)=O)=C(O)C7(O)C(=O)C5=C6O)c4CC3CC2CC1=O. The molecule has 2 saturated carbocycles. The van der Waals surface area contributed by atoms with E-state index in [1.165, 1.54) is 24.3 Å². The number of amides is 2.